The molecule has 51 heavy (non-hydrogen) atoms. The summed E-state index contributed by atoms with van der Waals surface area (Å²) in [6.07, 6.45) is 3.47. The minimum Gasteiger partial charge on any atom is -0.310 e. The van der Waals surface area contributed by atoms with Crippen LogP contribution in [0.2, 0.25) is 0 Å². The first-order chi connectivity index (χ1) is 25.0. The number of para-hydroxylation sites is 1. The lowest BCUT2D eigenvalue weighted by Gasteiger charge is -2.32. The quantitative estimate of drug-likeness (QED) is 0.172. The Bertz CT molecular complexity index is 2460. The molecule has 0 atom stereocenters. The summed E-state index contributed by atoms with van der Waals surface area (Å²) in [6, 6.07) is 59.8. The molecule has 0 amide bonds. The molecule has 0 saturated heterocycles. The SMILES string of the molecule is CCCCc1ccc2c(c1)C1(c3ccccc3-c3ccccc31)c1cccc(N(c3ccccc3)c3ccc4c(c3)C(C)(C)c3ccccc3-4)c1-2. The Balaban J connectivity index is 1.27. The summed E-state index contributed by atoms with van der Waals surface area (Å²) in [5.41, 5.74) is 20.9. The van der Waals surface area contributed by atoms with Crippen LogP contribution < -0.4 is 4.90 Å². The molecule has 0 bridgehead atoms. The van der Waals surface area contributed by atoms with E-state index in [-0.39, 0.29) is 10.8 Å². The predicted octanol–water partition coefficient (Wildman–Crippen LogP) is 13.1. The zero-order valence-electron chi connectivity index (χ0n) is 29.6. The molecule has 3 aliphatic carbocycles. The molecule has 0 heterocycles. The molecule has 0 radical (unpaired) electrons. The Morgan fingerprint density at radius 3 is 1.75 bits per heavy atom. The summed E-state index contributed by atoms with van der Waals surface area (Å²) in [5.74, 6) is 0. The number of nitrogens with zero attached hydrogens (tertiary/aromatic N) is 1. The molecule has 1 spiro atoms. The van der Waals surface area contributed by atoms with Gasteiger partial charge in [-0.15, -0.1) is 0 Å². The first-order valence-corrected chi connectivity index (χ1v) is 18.6. The van der Waals surface area contributed by atoms with E-state index < -0.39 is 0 Å². The van der Waals surface area contributed by atoms with E-state index in [1.165, 1.54) is 96.5 Å². The average Bonchev–Trinajstić information content (AvgIpc) is 3.73. The van der Waals surface area contributed by atoms with Gasteiger partial charge in [-0.2, -0.15) is 0 Å². The van der Waals surface area contributed by atoms with Crippen LogP contribution in [0.15, 0.2) is 158 Å². The zero-order valence-corrected chi connectivity index (χ0v) is 29.6. The van der Waals surface area contributed by atoms with E-state index in [1.807, 2.05) is 0 Å². The molecular weight excluding hydrogens is 615 g/mol. The van der Waals surface area contributed by atoms with Gasteiger partial charge in [0.15, 0.2) is 0 Å². The molecule has 1 nitrogen and oxygen atoms in total. The molecule has 0 aliphatic heterocycles. The van der Waals surface area contributed by atoms with Crippen molar-refractivity contribution in [3.8, 4) is 33.4 Å². The summed E-state index contributed by atoms with van der Waals surface area (Å²) in [4.78, 5) is 2.51. The van der Waals surface area contributed by atoms with Crippen molar-refractivity contribution >= 4 is 17.1 Å². The van der Waals surface area contributed by atoms with E-state index in [2.05, 4.69) is 183 Å². The van der Waals surface area contributed by atoms with Crippen molar-refractivity contribution in [1.82, 2.24) is 0 Å². The molecule has 0 fully saturated rings. The van der Waals surface area contributed by atoms with Gasteiger partial charge in [-0.05, 0) is 110 Å². The van der Waals surface area contributed by atoms with Gasteiger partial charge in [0.1, 0.15) is 0 Å². The highest BCUT2D eigenvalue weighted by atomic mass is 15.1. The van der Waals surface area contributed by atoms with Gasteiger partial charge in [0.05, 0.1) is 11.1 Å². The van der Waals surface area contributed by atoms with Crippen LogP contribution in [0.4, 0.5) is 17.1 Å². The smallest absolute Gasteiger partial charge is 0.0726 e. The van der Waals surface area contributed by atoms with Gasteiger partial charge in [0.2, 0.25) is 0 Å². The monoisotopic (exact) mass is 655 g/mol. The highest BCUT2D eigenvalue weighted by Gasteiger charge is 2.52. The summed E-state index contributed by atoms with van der Waals surface area (Å²) < 4.78 is 0. The number of anilines is 3. The normalized spacial score (nSPS) is 14.7. The van der Waals surface area contributed by atoms with E-state index >= 15 is 0 Å². The lowest BCUT2D eigenvalue weighted by molar-refractivity contribution is 0.660. The largest absolute Gasteiger partial charge is 0.310 e. The van der Waals surface area contributed by atoms with Gasteiger partial charge in [-0.1, -0.05) is 155 Å². The summed E-state index contributed by atoms with van der Waals surface area (Å²) in [6.45, 7) is 7.04. The molecule has 0 saturated carbocycles. The molecule has 10 rings (SSSR count). The standard InChI is InChI=1S/C50H41N/c1-4-5-16-33-27-29-40-46(31-33)50(42-23-13-10-20-37(42)38-21-11-14-24-43(38)50)44-25-15-26-47(48(40)44)51(34-17-7-6-8-18-34)35-28-30-39-36-19-9-12-22-41(36)49(2,3)45(39)32-35/h6-15,17-32H,4-5,16H2,1-3H3. The number of fused-ring (bicyclic) bond motifs is 13. The van der Waals surface area contributed by atoms with E-state index in [0.717, 1.165) is 12.1 Å². The molecular formula is C50H41N. The molecule has 3 aliphatic rings. The minimum atomic E-state index is -0.389. The van der Waals surface area contributed by atoms with Crippen molar-refractivity contribution in [2.45, 2.75) is 50.9 Å². The van der Waals surface area contributed by atoms with Crippen LogP contribution >= 0.6 is 0 Å². The van der Waals surface area contributed by atoms with Crippen LogP contribution in [0, 0.1) is 0 Å². The summed E-state index contributed by atoms with van der Waals surface area (Å²) >= 11 is 0. The van der Waals surface area contributed by atoms with Crippen LogP contribution in [-0.2, 0) is 17.3 Å². The third-order valence-corrected chi connectivity index (χ3v) is 12.1. The second kappa shape index (κ2) is 11.2. The maximum Gasteiger partial charge on any atom is 0.0726 e. The highest BCUT2D eigenvalue weighted by Crippen LogP contribution is 2.65. The van der Waals surface area contributed by atoms with Gasteiger partial charge in [0, 0.05) is 22.4 Å². The van der Waals surface area contributed by atoms with E-state index in [4.69, 9.17) is 0 Å². The van der Waals surface area contributed by atoms with Crippen molar-refractivity contribution in [2.75, 3.05) is 4.90 Å². The summed E-state index contributed by atoms with van der Waals surface area (Å²) in [5, 5.41) is 0. The molecule has 0 N–H and O–H groups in total. The third-order valence-electron chi connectivity index (χ3n) is 12.1. The minimum absolute atomic E-state index is 0.0915. The Morgan fingerprint density at radius 1 is 0.451 bits per heavy atom. The first kappa shape index (κ1) is 30.2. The van der Waals surface area contributed by atoms with E-state index in [1.54, 1.807) is 0 Å². The third kappa shape index (κ3) is 4.09. The van der Waals surface area contributed by atoms with E-state index in [9.17, 15) is 0 Å². The van der Waals surface area contributed by atoms with Crippen LogP contribution in [0.3, 0.4) is 0 Å². The topological polar surface area (TPSA) is 3.24 Å². The van der Waals surface area contributed by atoms with Crippen molar-refractivity contribution in [1.29, 1.82) is 0 Å². The van der Waals surface area contributed by atoms with Crippen molar-refractivity contribution in [3.63, 3.8) is 0 Å². The predicted molar refractivity (Wildman–Crippen MR) is 214 cm³/mol. The summed E-state index contributed by atoms with van der Waals surface area (Å²) in [7, 11) is 0. The molecule has 246 valence electrons. The fourth-order valence-electron chi connectivity index (χ4n) is 9.77. The van der Waals surface area contributed by atoms with Gasteiger partial charge >= 0.3 is 0 Å². The van der Waals surface area contributed by atoms with Crippen LogP contribution in [0.1, 0.15) is 72.6 Å². The van der Waals surface area contributed by atoms with Gasteiger partial charge in [-0.25, -0.2) is 0 Å². The van der Waals surface area contributed by atoms with Gasteiger partial charge < -0.3 is 4.90 Å². The first-order valence-electron chi connectivity index (χ1n) is 18.6. The zero-order chi connectivity index (χ0) is 34.3. The number of unbranched alkanes of at least 4 members (excludes halogenated alkanes) is 1. The lowest BCUT2D eigenvalue weighted by atomic mass is 9.70. The Kier molecular flexibility index (Phi) is 6.61. The molecule has 7 aromatic carbocycles. The molecule has 0 unspecified atom stereocenters. The van der Waals surface area contributed by atoms with Crippen molar-refractivity contribution in [2.24, 2.45) is 0 Å². The van der Waals surface area contributed by atoms with Crippen molar-refractivity contribution in [3.05, 3.63) is 197 Å². The molecule has 0 aromatic heterocycles. The number of aryl methyl sites for hydroxylation is 1. The number of rotatable bonds is 6. The number of hydrogen-bond donors (Lipinski definition) is 0. The molecule has 7 aromatic rings. The fraction of sp³-hybridized carbons (Fsp3) is 0.160. The van der Waals surface area contributed by atoms with Crippen LogP contribution in [-0.4, -0.2) is 0 Å². The van der Waals surface area contributed by atoms with E-state index in [0.29, 0.717) is 0 Å². The maximum absolute atomic E-state index is 2.55. The van der Waals surface area contributed by atoms with Gasteiger partial charge in [0.25, 0.3) is 0 Å². The Morgan fingerprint density at radius 2 is 1.04 bits per heavy atom. The van der Waals surface area contributed by atoms with Crippen LogP contribution in [0.25, 0.3) is 33.4 Å². The average molecular weight is 656 g/mol. The Hall–Kier alpha value is -5.66. The fourth-order valence-corrected chi connectivity index (χ4v) is 9.77. The van der Waals surface area contributed by atoms with Crippen molar-refractivity contribution < 1.29 is 0 Å². The molecule has 1 heteroatoms. The second-order valence-corrected chi connectivity index (χ2v) is 15.1. The Labute approximate surface area is 301 Å². The highest BCUT2D eigenvalue weighted by molar-refractivity contribution is 6.01. The number of hydrogen-bond acceptors (Lipinski definition) is 1. The number of benzene rings is 7. The maximum atomic E-state index is 2.55. The lowest BCUT2D eigenvalue weighted by Crippen LogP contribution is -2.26. The second-order valence-electron chi connectivity index (χ2n) is 15.1. The van der Waals surface area contributed by atoms with Crippen LogP contribution in [0.5, 0.6) is 0 Å². The van der Waals surface area contributed by atoms with Gasteiger partial charge in [-0.3, -0.25) is 0 Å².